The number of carbonyl (C=O) groups is 2. The third-order valence-corrected chi connectivity index (χ3v) is 4.94. The van der Waals surface area contributed by atoms with Crippen molar-refractivity contribution in [1.29, 1.82) is 0 Å². The topological polar surface area (TPSA) is 67.8 Å². The molecule has 1 aliphatic rings. The molecule has 0 aliphatic carbocycles. The van der Waals surface area contributed by atoms with E-state index in [0.29, 0.717) is 17.0 Å². The van der Waals surface area contributed by atoms with Crippen molar-refractivity contribution in [2.75, 3.05) is 13.7 Å². The maximum absolute atomic E-state index is 12.9. The van der Waals surface area contributed by atoms with Crippen LogP contribution in [0.25, 0.3) is 0 Å². The van der Waals surface area contributed by atoms with E-state index in [-0.39, 0.29) is 23.3 Å². The number of ketones is 1. The van der Waals surface area contributed by atoms with Gasteiger partial charge in [-0.25, -0.2) is 0 Å². The smallest absolute Gasteiger partial charge is 0.405 e. The first-order valence-corrected chi connectivity index (χ1v) is 9.72. The SMILES string of the molecule is COc1ccc2c(c1)C(CC(=O)c1ccc(C(=O)NCC(F)(F)F)cc1)=NC(C)(C)C2. The number of alkyl halides is 3. The van der Waals surface area contributed by atoms with E-state index in [1.807, 2.05) is 32.0 Å². The Balaban J connectivity index is 1.77. The summed E-state index contributed by atoms with van der Waals surface area (Å²) in [5.41, 5.74) is 2.66. The van der Waals surface area contributed by atoms with Crippen molar-refractivity contribution >= 4 is 17.4 Å². The number of benzene rings is 2. The van der Waals surface area contributed by atoms with Gasteiger partial charge in [0.1, 0.15) is 12.3 Å². The molecule has 0 saturated carbocycles. The van der Waals surface area contributed by atoms with Crippen molar-refractivity contribution in [2.45, 2.75) is 38.4 Å². The number of fused-ring (bicyclic) bond motifs is 1. The molecule has 0 saturated heterocycles. The van der Waals surface area contributed by atoms with Gasteiger partial charge in [-0.2, -0.15) is 13.2 Å². The van der Waals surface area contributed by atoms with Crippen molar-refractivity contribution in [1.82, 2.24) is 5.32 Å². The van der Waals surface area contributed by atoms with Crippen molar-refractivity contribution in [3.8, 4) is 5.75 Å². The van der Waals surface area contributed by atoms with Crippen LogP contribution in [0.1, 0.15) is 52.1 Å². The number of hydrogen-bond acceptors (Lipinski definition) is 4. The second-order valence-electron chi connectivity index (χ2n) is 8.05. The zero-order chi connectivity index (χ0) is 22.8. The Morgan fingerprint density at radius 2 is 1.74 bits per heavy atom. The van der Waals surface area contributed by atoms with Gasteiger partial charge < -0.3 is 10.1 Å². The van der Waals surface area contributed by atoms with Gasteiger partial charge >= 0.3 is 6.18 Å². The highest BCUT2D eigenvalue weighted by atomic mass is 19.4. The molecular formula is C23H23F3N2O3. The van der Waals surface area contributed by atoms with E-state index in [1.165, 1.54) is 24.3 Å². The molecule has 0 unspecified atom stereocenters. The van der Waals surface area contributed by atoms with E-state index in [9.17, 15) is 22.8 Å². The fourth-order valence-corrected chi connectivity index (χ4v) is 3.52. The Kier molecular flexibility index (Phi) is 6.20. The molecule has 164 valence electrons. The van der Waals surface area contributed by atoms with E-state index in [2.05, 4.69) is 0 Å². The van der Waals surface area contributed by atoms with E-state index >= 15 is 0 Å². The van der Waals surface area contributed by atoms with Gasteiger partial charge in [0, 0.05) is 16.7 Å². The van der Waals surface area contributed by atoms with Crippen LogP contribution in [0.15, 0.2) is 47.5 Å². The molecule has 2 aromatic rings. The van der Waals surface area contributed by atoms with Gasteiger partial charge in [-0.1, -0.05) is 18.2 Å². The minimum absolute atomic E-state index is 0.0482. The number of nitrogens with one attached hydrogen (secondary N) is 1. The summed E-state index contributed by atoms with van der Waals surface area (Å²) in [5, 5.41) is 1.80. The van der Waals surface area contributed by atoms with Crippen LogP contribution in [0.2, 0.25) is 0 Å². The largest absolute Gasteiger partial charge is 0.497 e. The third kappa shape index (κ3) is 5.71. The normalized spacial score (nSPS) is 15.0. The number of rotatable bonds is 6. The van der Waals surface area contributed by atoms with Crippen molar-refractivity contribution in [2.24, 2.45) is 4.99 Å². The van der Waals surface area contributed by atoms with E-state index in [4.69, 9.17) is 9.73 Å². The molecule has 1 aliphatic heterocycles. The molecule has 0 bridgehead atoms. The number of Topliss-reactive ketones (excluding diaryl/α,β-unsaturated/α-hetero) is 1. The quantitative estimate of drug-likeness (QED) is 0.689. The number of nitrogens with zero attached hydrogens (tertiary/aromatic N) is 1. The Bertz CT molecular complexity index is 1030. The van der Waals surface area contributed by atoms with Crippen molar-refractivity contribution < 1.29 is 27.5 Å². The van der Waals surface area contributed by atoms with Crippen LogP contribution in [0.3, 0.4) is 0 Å². The van der Waals surface area contributed by atoms with Gasteiger partial charge in [0.25, 0.3) is 5.91 Å². The lowest BCUT2D eigenvalue weighted by molar-refractivity contribution is -0.123. The number of aliphatic imine (C=N–C) groups is 1. The molecular weight excluding hydrogens is 409 g/mol. The minimum atomic E-state index is -4.49. The number of methoxy groups -OCH3 is 1. The van der Waals surface area contributed by atoms with Gasteiger partial charge in [0.05, 0.1) is 24.8 Å². The van der Waals surface area contributed by atoms with E-state index in [0.717, 1.165) is 17.5 Å². The first-order chi connectivity index (χ1) is 14.5. The van der Waals surface area contributed by atoms with Gasteiger partial charge in [0.15, 0.2) is 5.78 Å². The Morgan fingerprint density at radius 1 is 1.10 bits per heavy atom. The number of ether oxygens (including phenoxy) is 1. The predicted octanol–water partition coefficient (Wildman–Crippen LogP) is 4.38. The first kappa shape index (κ1) is 22.5. The van der Waals surface area contributed by atoms with Crippen LogP contribution in [0.5, 0.6) is 5.75 Å². The van der Waals surface area contributed by atoms with Crippen molar-refractivity contribution in [3.05, 3.63) is 64.7 Å². The average molecular weight is 432 g/mol. The molecule has 0 aromatic heterocycles. The highest BCUT2D eigenvalue weighted by molar-refractivity contribution is 6.17. The summed E-state index contributed by atoms with van der Waals surface area (Å²) in [6, 6.07) is 11.3. The summed E-state index contributed by atoms with van der Waals surface area (Å²) in [4.78, 5) is 29.5. The molecule has 1 amide bonds. The average Bonchev–Trinajstić information content (AvgIpc) is 2.70. The fourth-order valence-electron chi connectivity index (χ4n) is 3.52. The van der Waals surface area contributed by atoms with Crippen LogP contribution in [0, 0.1) is 0 Å². The first-order valence-electron chi connectivity index (χ1n) is 9.72. The molecule has 2 aromatic carbocycles. The number of carbonyl (C=O) groups excluding carboxylic acids is 2. The second kappa shape index (κ2) is 8.53. The molecule has 1 N–H and O–H groups in total. The Morgan fingerprint density at radius 3 is 2.35 bits per heavy atom. The van der Waals surface area contributed by atoms with E-state index < -0.39 is 18.6 Å². The van der Waals surface area contributed by atoms with Gasteiger partial charge in [-0.3, -0.25) is 14.6 Å². The number of halogens is 3. The van der Waals surface area contributed by atoms with Crippen LogP contribution < -0.4 is 10.1 Å². The van der Waals surface area contributed by atoms with Crippen LogP contribution >= 0.6 is 0 Å². The lowest BCUT2D eigenvalue weighted by Crippen LogP contribution is -2.33. The lowest BCUT2D eigenvalue weighted by Gasteiger charge is -2.29. The number of hydrogen-bond donors (Lipinski definition) is 1. The Labute approximate surface area is 178 Å². The summed E-state index contributed by atoms with van der Waals surface area (Å²) in [6.45, 7) is 2.59. The lowest BCUT2D eigenvalue weighted by atomic mass is 9.85. The molecule has 0 atom stereocenters. The molecule has 8 heteroatoms. The fraction of sp³-hybridized carbons (Fsp3) is 0.348. The summed E-state index contributed by atoms with van der Waals surface area (Å²) >= 11 is 0. The highest BCUT2D eigenvalue weighted by Gasteiger charge is 2.29. The molecule has 0 spiro atoms. The Hall–Kier alpha value is -3.16. The summed E-state index contributed by atoms with van der Waals surface area (Å²) in [5.74, 6) is -0.379. The predicted molar refractivity (Wildman–Crippen MR) is 111 cm³/mol. The molecule has 1 heterocycles. The van der Waals surface area contributed by atoms with Crippen molar-refractivity contribution in [3.63, 3.8) is 0 Å². The maximum Gasteiger partial charge on any atom is 0.405 e. The zero-order valence-corrected chi connectivity index (χ0v) is 17.5. The summed E-state index contributed by atoms with van der Waals surface area (Å²) < 4.78 is 42.1. The van der Waals surface area contributed by atoms with Gasteiger partial charge in [-0.05, 0) is 50.1 Å². The van der Waals surface area contributed by atoms with Crippen LogP contribution in [-0.4, -0.2) is 42.8 Å². The third-order valence-electron chi connectivity index (χ3n) is 4.94. The second-order valence-corrected chi connectivity index (χ2v) is 8.05. The molecule has 0 fully saturated rings. The maximum atomic E-state index is 12.9. The summed E-state index contributed by atoms with van der Waals surface area (Å²) in [6.07, 6.45) is -3.69. The van der Waals surface area contributed by atoms with Crippen LogP contribution in [0.4, 0.5) is 13.2 Å². The zero-order valence-electron chi connectivity index (χ0n) is 17.5. The number of amides is 1. The van der Waals surface area contributed by atoms with Gasteiger partial charge in [0.2, 0.25) is 0 Å². The summed E-state index contributed by atoms with van der Waals surface area (Å²) in [7, 11) is 1.57. The van der Waals surface area contributed by atoms with E-state index in [1.54, 1.807) is 12.4 Å². The molecule has 0 radical (unpaired) electrons. The minimum Gasteiger partial charge on any atom is -0.497 e. The standard InChI is InChI=1S/C23H23F3N2O3/c1-22(2)12-16-8-9-17(31-3)10-18(16)19(28-22)11-20(29)14-4-6-15(7-5-14)21(30)27-13-23(24,25)26/h4-10H,11-13H2,1-3H3,(H,27,30). The van der Waals surface area contributed by atoms with Crippen LogP contribution in [-0.2, 0) is 6.42 Å². The molecule has 31 heavy (non-hydrogen) atoms. The monoisotopic (exact) mass is 432 g/mol. The van der Waals surface area contributed by atoms with Gasteiger partial charge in [-0.15, -0.1) is 0 Å². The molecule has 3 rings (SSSR count). The highest BCUT2D eigenvalue weighted by Crippen LogP contribution is 2.31. The molecule has 5 nitrogen and oxygen atoms in total.